The van der Waals surface area contributed by atoms with Gasteiger partial charge >= 0.3 is 0 Å². The van der Waals surface area contributed by atoms with E-state index >= 15 is 0 Å². The van der Waals surface area contributed by atoms with Crippen LogP contribution in [0.15, 0.2) is 30.6 Å². The molecule has 0 fully saturated rings. The Balaban J connectivity index is 2.25. The van der Waals surface area contributed by atoms with Crippen molar-refractivity contribution in [1.29, 1.82) is 0 Å². The van der Waals surface area contributed by atoms with E-state index in [1.807, 2.05) is 18.2 Å². The van der Waals surface area contributed by atoms with Crippen molar-refractivity contribution < 1.29 is 4.79 Å². The first-order valence-electron chi connectivity index (χ1n) is 5.08. The third kappa shape index (κ3) is 2.64. The summed E-state index contributed by atoms with van der Waals surface area (Å²) < 4.78 is 1.50. The molecule has 0 aliphatic heterocycles. The van der Waals surface area contributed by atoms with E-state index in [1.165, 1.54) is 11.0 Å². The SMILES string of the molecule is CNCC(=O)Nc1ccccc1-n1cnnn1. The lowest BCUT2D eigenvalue weighted by atomic mass is 10.2. The smallest absolute Gasteiger partial charge is 0.238 e. The van der Waals surface area contributed by atoms with Crippen LogP contribution in [-0.2, 0) is 4.79 Å². The van der Waals surface area contributed by atoms with E-state index in [2.05, 4.69) is 26.2 Å². The number of hydrogen-bond acceptors (Lipinski definition) is 5. The molecule has 2 aromatic rings. The summed E-state index contributed by atoms with van der Waals surface area (Å²) in [5.74, 6) is -0.118. The summed E-state index contributed by atoms with van der Waals surface area (Å²) in [5, 5.41) is 16.5. The van der Waals surface area contributed by atoms with Gasteiger partial charge in [-0.05, 0) is 29.6 Å². The number of nitrogens with zero attached hydrogens (tertiary/aromatic N) is 4. The maximum absolute atomic E-state index is 11.5. The van der Waals surface area contributed by atoms with Crippen LogP contribution in [-0.4, -0.2) is 39.7 Å². The third-order valence-electron chi connectivity index (χ3n) is 2.11. The number of nitrogens with one attached hydrogen (secondary N) is 2. The summed E-state index contributed by atoms with van der Waals surface area (Å²) in [7, 11) is 1.72. The summed E-state index contributed by atoms with van der Waals surface area (Å²) in [4.78, 5) is 11.5. The summed E-state index contributed by atoms with van der Waals surface area (Å²) in [6.45, 7) is 0.254. The largest absolute Gasteiger partial charge is 0.323 e. The Morgan fingerprint density at radius 1 is 1.41 bits per heavy atom. The van der Waals surface area contributed by atoms with Gasteiger partial charge in [0.05, 0.1) is 17.9 Å². The van der Waals surface area contributed by atoms with E-state index in [9.17, 15) is 4.79 Å². The highest BCUT2D eigenvalue weighted by molar-refractivity contribution is 5.94. The lowest BCUT2D eigenvalue weighted by Crippen LogP contribution is -2.25. The fourth-order valence-electron chi connectivity index (χ4n) is 1.41. The van der Waals surface area contributed by atoms with Gasteiger partial charge in [0.2, 0.25) is 5.91 Å². The van der Waals surface area contributed by atoms with Crippen LogP contribution in [0.5, 0.6) is 0 Å². The van der Waals surface area contributed by atoms with Crippen molar-refractivity contribution >= 4 is 11.6 Å². The number of amides is 1. The van der Waals surface area contributed by atoms with Gasteiger partial charge in [0.15, 0.2) is 0 Å². The number of carbonyl (C=O) groups excluding carboxylic acids is 1. The Kier molecular flexibility index (Phi) is 3.41. The standard InChI is InChI=1S/C10H12N6O/c1-11-6-10(17)13-8-4-2-3-5-9(8)16-7-12-14-15-16/h2-5,7,11H,6H2,1H3,(H,13,17). The molecule has 7 heteroatoms. The van der Waals surface area contributed by atoms with Gasteiger partial charge in [-0.15, -0.1) is 5.10 Å². The van der Waals surface area contributed by atoms with Crippen molar-refractivity contribution in [2.75, 3.05) is 18.9 Å². The van der Waals surface area contributed by atoms with Crippen molar-refractivity contribution in [1.82, 2.24) is 25.5 Å². The fraction of sp³-hybridized carbons (Fsp3) is 0.200. The number of benzene rings is 1. The molecule has 0 aliphatic rings. The van der Waals surface area contributed by atoms with Gasteiger partial charge in [-0.2, -0.15) is 4.68 Å². The van der Waals surface area contributed by atoms with Gasteiger partial charge in [0.25, 0.3) is 0 Å². The molecular formula is C10H12N6O. The molecule has 0 aliphatic carbocycles. The summed E-state index contributed by atoms with van der Waals surface area (Å²) in [6.07, 6.45) is 1.48. The maximum atomic E-state index is 11.5. The highest BCUT2D eigenvalue weighted by Gasteiger charge is 2.07. The quantitative estimate of drug-likeness (QED) is 0.764. The highest BCUT2D eigenvalue weighted by Crippen LogP contribution is 2.17. The normalized spacial score (nSPS) is 10.2. The molecule has 0 radical (unpaired) electrons. The number of carbonyl (C=O) groups is 1. The first kappa shape index (κ1) is 11.2. The van der Waals surface area contributed by atoms with E-state index in [4.69, 9.17) is 0 Å². The Morgan fingerprint density at radius 2 is 2.24 bits per heavy atom. The van der Waals surface area contributed by atoms with Gasteiger partial charge in [0, 0.05) is 0 Å². The van der Waals surface area contributed by atoms with Gasteiger partial charge in [-0.3, -0.25) is 4.79 Å². The van der Waals surface area contributed by atoms with E-state index < -0.39 is 0 Å². The molecule has 2 rings (SSSR count). The highest BCUT2D eigenvalue weighted by atomic mass is 16.1. The van der Waals surface area contributed by atoms with Crippen LogP contribution >= 0.6 is 0 Å². The van der Waals surface area contributed by atoms with Crippen LogP contribution < -0.4 is 10.6 Å². The number of aromatic nitrogens is 4. The zero-order valence-electron chi connectivity index (χ0n) is 9.29. The Bertz CT molecular complexity index is 495. The summed E-state index contributed by atoms with van der Waals surface area (Å²) in [6, 6.07) is 7.31. The number of tetrazole rings is 1. The van der Waals surface area contributed by atoms with Crippen molar-refractivity contribution in [3.8, 4) is 5.69 Å². The number of hydrogen-bond donors (Lipinski definition) is 2. The summed E-state index contributed by atoms with van der Waals surface area (Å²) in [5.41, 5.74) is 1.39. The van der Waals surface area contributed by atoms with Crippen LogP contribution in [0.1, 0.15) is 0 Å². The zero-order valence-corrected chi connectivity index (χ0v) is 9.29. The van der Waals surface area contributed by atoms with Gasteiger partial charge in [0.1, 0.15) is 6.33 Å². The minimum absolute atomic E-state index is 0.118. The molecule has 1 aromatic carbocycles. The zero-order chi connectivity index (χ0) is 12.1. The van der Waals surface area contributed by atoms with Crippen LogP contribution in [0.3, 0.4) is 0 Å². The number of anilines is 1. The van der Waals surface area contributed by atoms with Crippen LogP contribution in [0.2, 0.25) is 0 Å². The second kappa shape index (κ2) is 5.17. The molecule has 1 aromatic heterocycles. The molecule has 0 saturated carbocycles. The van der Waals surface area contributed by atoms with Crippen LogP contribution in [0.25, 0.3) is 5.69 Å². The fourth-order valence-corrected chi connectivity index (χ4v) is 1.41. The number of likely N-dealkylation sites (N-methyl/N-ethyl adjacent to an activating group) is 1. The molecule has 0 bridgehead atoms. The van der Waals surface area contributed by atoms with Gasteiger partial charge in [-0.25, -0.2) is 0 Å². The van der Waals surface area contributed by atoms with Gasteiger partial charge in [-0.1, -0.05) is 12.1 Å². The lowest BCUT2D eigenvalue weighted by Gasteiger charge is -2.09. The van der Waals surface area contributed by atoms with Crippen molar-refractivity contribution in [2.24, 2.45) is 0 Å². The van der Waals surface area contributed by atoms with Crippen molar-refractivity contribution in [2.45, 2.75) is 0 Å². The second-order valence-corrected chi connectivity index (χ2v) is 3.35. The third-order valence-corrected chi connectivity index (χ3v) is 2.11. The minimum atomic E-state index is -0.118. The molecule has 0 spiro atoms. The molecule has 2 N–H and O–H groups in total. The van der Waals surface area contributed by atoms with E-state index in [1.54, 1.807) is 13.1 Å². The monoisotopic (exact) mass is 232 g/mol. The van der Waals surface area contributed by atoms with Crippen molar-refractivity contribution in [3.05, 3.63) is 30.6 Å². The molecule has 1 heterocycles. The number of rotatable bonds is 4. The van der Waals surface area contributed by atoms with E-state index in [0.29, 0.717) is 5.69 Å². The van der Waals surface area contributed by atoms with E-state index in [0.717, 1.165) is 5.69 Å². The topological polar surface area (TPSA) is 84.7 Å². The Labute approximate surface area is 97.8 Å². The molecular weight excluding hydrogens is 220 g/mol. The molecule has 88 valence electrons. The average Bonchev–Trinajstić information content (AvgIpc) is 2.83. The summed E-state index contributed by atoms with van der Waals surface area (Å²) >= 11 is 0. The second-order valence-electron chi connectivity index (χ2n) is 3.35. The molecule has 0 saturated heterocycles. The molecule has 7 nitrogen and oxygen atoms in total. The first-order chi connectivity index (χ1) is 8.31. The van der Waals surface area contributed by atoms with Crippen LogP contribution in [0.4, 0.5) is 5.69 Å². The average molecular weight is 232 g/mol. The van der Waals surface area contributed by atoms with Crippen molar-refractivity contribution in [3.63, 3.8) is 0 Å². The molecule has 17 heavy (non-hydrogen) atoms. The maximum Gasteiger partial charge on any atom is 0.238 e. The lowest BCUT2D eigenvalue weighted by molar-refractivity contribution is -0.115. The Morgan fingerprint density at radius 3 is 2.94 bits per heavy atom. The minimum Gasteiger partial charge on any atom is -0.323 e. The molecule has 0 unspecified atom stereocenters. The van der Waals surface area contributed by atoms with Crippen LogP contribution in [0, 0.1) is 0 Å². The predicted molar refractivity (Wildman–Crippen MR) is 61.7 cm³/mol. The predicted octanol–water partition coefficient (Wildman–Crippen LogP) is -0.180. The van der Waals surface area contributed by atoms with Gasteiger partial charge < -0.3 is 10.6 Å². The molecule has 1 amide bonds. The van der Waals surface area contributed by atoms with E-state index in [-0.39, 0.29) is 12.5 Å². The Hall–Kier alpha value is -2.28. The number of para-hydroxylation sites is 2. The first-order valence-corrected chi connectivity index (χ1v) is 5.08. The molecule has 0 atom stereocenters.